The van der Waals surface area contributed by atoms with Gasteiger partial charge in [-0.15, -0.1) is 0 Å². The second-order valence-electron chi connectivity index (χ2n) is 5.74. The third-order valence-electron chi connectivity index (χ3n) is 3.35. The van der Waals surface area contributed by atoms with E-state index >= 15 is 0 Å². The normalized spacial score (nSPS) is 10.9. The Labute approximate surface area is 134 Å². The minimum atomic E-state index is -0.148. The lowest BCUT2D eigenvalue weighted by atomic mass is 10.2. The molecular weight excluding hydrogens is 290 g/mol. The number of fused-ring (bicyclic) bond motifs is 1. The molecule has 0 atom stereocenters. The minimum Gasteiger partial charge on any atom is -0.369 e. The molecule has 0 aliphatic rings. The van der Waals surface area contributed by atoms with E-state index in [1.54, 1.807) is 12.4 Å². The van der Waals surface area contributed by atoms with Crippen molar-refractivity contribution in [3.63, 3.8) is 0 Å². The van der Waals surface area contributed by atoms with E-state index < -0.39 is 0 Å². The van der Waals surface area contributed by atoms with Crippen LogP contribution in [0.3, 0.4) is 0 Å². The van der Waals surface area contributed by atoms with Crippen molar-refractivity contribution in [1.82, 2.24) is 15.0 Å². The van der Waals surface area contributed by atoms with E-state index in [1.807, 2.05) is 30.3 Å². The van der Waals surface area contributed by atoms with Gasteiger partial charge < -0.3 is 15.6 Å². The molecule has 0 radical (unpaired) electrons. The van der Waals surface area contributed by atoms with E-state index in [4.69, 9.17) is 0 Å². The average molecular weight is 309 g/mol. The van der Waals surface area contributed by atoms with E-state index in [0.29, 0.717) is 28.8 Å². The van der Waals surface area contributed by atoms with Gasteiger partial charge in [0, 0.05) is 18.9 Å². The maximum atomic E-state index is 12.1. The van der Waals surface area contributed by atoms with Gasteiger partial charge in [-0.25, -0.2) is 9.97 Å². The van der Waals surface area contributed by atoms with E-state index in [2.05, 4.69) is 39.4 Å². The van der Waals surface area contributed by atoms with Gasteiger partial charge in [0.15, 0.2) is 0 Å². The van der Waals surface area contributed by atoms with Gasteiger partial charge in [-0.05, 0) is 35.6 Å². The quantitative estimate of drug-likeness (QED) is 0.674. The van der Waals surface area contributed by atoms with Crippen molar-refractivity contribution in [2.24, 2.45) is 5.92 Å². The summed E-state index contributed by atoms with van der Waals surface area (Å²) in [5.41, 5.74) is -0.148. The molecule has 0 saturated carbocycles. The molecule has 23 heavy (non-hydrogen) atoms. The molecule has 3 N–H and O–H groups in total. The molecule has 0 saturated heterocycles. The number of hydrogen-bond acceptors (Lipinski definition) is 5. The van der Waals surface area contributed by atoms with Crippen molar-refractivity contribution in [3.05, 3.63) is 53.1 Å². The Bertz CT molecular complexity index is 858. The summed E-state index contributed by atoms with van der Waals surface area (Å²) in [4.78, 5) is 23.6. The van der Waals surface area contributed by atoms with Crippen molar-refractivity contribution < 1.29 is 0 Å². The summed E-state index contributed by atoms with van der Waals surface area (Å²) in [5, 5.41) is 7.83. The highest BCUT2D eigenvalue weighted by atomic mass is 16.1. The highest BCUT2D eigenvalue weighted by Crippen LogP contribution is 2.23. The van der Waals surface area contributed by atoms with Crippen LogP contribution < -0.4 is 16.2 Å². The number of aromatic amines is 1. The lowest BCUT2D eigenvalue weighted by Gasteiger charge is -2.13. The number of rotatable bonds is 5. The number of anilines is 3. The molecule has 3 aromatic heterocycles. The van der Waals surface area contributed by atoms with Gasteiger partial charge in [-0.3, -0.25) is 4.79 Å². The average Bonchev–Trinajstić information content (AvgIpc) is 2.53. The number of hydrogen-bond donors (Lipinski definition) is 3. The molecule has 3 rings (SSSR count). The lowest BCUT2D eigenvalue weighted by Crippen LogP contribution is -2.14. The Kier molecular flexibility index (Phi) is 4.23. The molecule has 0 aliphatic heterocycles. The fourth-order valence-electron chi connectivity index (χ4n) is 2.27. The summed E-state index contributed by atoms with van der Waals surface area (Å²) in [6.07, 6.45) is 3.35. The van der Waals surface area contributed by atoms with Crippen LogP contribution in [0.2, 0.25) is 0 Å². The summed E-state index contributed by atoms with van der Waals surface area (Å²) in [5.74, 6) is 2.38. The van der Waals surface area contributed by atoms with Gasteiger partial charge in [0.25, 0.3) is 5.56 Å². The topological polar surface area (TPSA) is 82.7 Å². The highest BCUT2D eigenvalue weighted by Gasteiger charge is 2.10. The standard InChI is InChI=1S/C17H19N5O/c1-11(2)10-20-16-15-12(6-8-19-17(15)23)9-14(22-16)21-13-5-3-4-7-18-13/h3-9,11H,10H2,1-2H3,(H,19,23)(H2,18,20,21,22). The zero-order valence-electron chi connectivity index (χ0n) is 13.1. The second kappa shape index (κ2) is 6.48. The van der Waals surface area contributed by atoms with Crippen LogP contribution in [0.1, 0.15) is 13.8 Å². The molecular formula is C17H19N5O. The molecule has 0 aliphatic carbocycles. The number of nitrogens with zero attached hydrogens (tertiary/aromatic N) is 2. The summed E-state index contributed by atoms with van der Waals surface area (Å²) in [6.45, 7) is 4.95. The number of pyridine rings is 3. The number of aromatic nitrogens is 3. The van der Waals surface area contributed by atoms with Crippen LogP contribution in [0.25, 0.3) is 10.8 Å². The second-order valence-corrected chi connectivity index (χ2v) is 5.74. The summed E-state index contributed by atoms with van der Waals surface area (Å²) >= 11 is 0. The van der Waals surface area contributed by atoms with E-state index in [0.717, 1.165) is 11.9 Å². The summed E-state index contributed by atoms with van der Waals surface area (Å²) in [7, 11) is 0. The maximum Gasteiger partial charge on any atom is 0.259 e. The summed E-state index contributed by atoms with van der Waals surface area (Å²) < 4.78 is 0. The minimum absolute atomic E-state index is 0.148. The van der Waals surface area contributed by atoms with Gasteiger partial charge in [0.1, 0.15) is 17.5 Å². The monoisotopic (exact) mass is 309 g/mol. The number of nitrogens with one attached hydrogen (secondary N) is 3. The van der Waals surface area contributed by atoms with Crippen molar-refractivity contribution >= 4 is 28.2 Å². The summed E-state index contributed by atoms with van der Waals surface area (Å²) in [6, 6.07) is 9.33. The Morgan fingerprint density at radius 2 is 2.09 bits per heavy atom. The van der Waals surface area contributed by atoms with Crippen LogP contribution >= 0.6 is 0 Å². The number of H-pyrrole nitrogens is 1. The van der Waals surface area contributed by atoms with Gasteiger partial charge in [0.05, 0.1) is 5.39 Å². The van der Waals surface area contributed by atoms with Crippen molar-refractivity contribution in [2.75, 3.05) is 17.2 Å². The Morgan fingerprint density at radius 1 is 1.22 bits per heavy atom. The van der Waals surface area contributed by atoms with E-state index in [9.17, 15) is 4.79 Å². The predicted molar refractivity (Wildman–Crippen MR) is 93.2 cm³/mol. The van der Waals surface area contributed by atoms with Crippen LogP contribution in [-0.2, 0) is 0 Å². The van der Waals surface area contributed by atoms with Gasteiger partial charge in [-0.1, -0.05) is 19.9 Å². The van der Waals surface area contributed by atoms with Crippen LogP contribution in [0.5, 0.6) is 0 Å². The van der Waals surface area contributed by atoms with Crippen LogP contribution in [-0.4, -0.2) is 21.5 Å². The Balaban J connectivity index is 2.04. The van der Waals surface area contributed by atoms with Crippen molar-refractivity contribution in [2.45, 2.75) is 13.8 Å². The first kappa shape index (κ1) is 15.0. The Hall–Kier alpha value is -2.89. The van der Waals surface area contributed by atoms with Crippen LogP contribution in [0.4, 0.5) is 17.5 Å². The van der Waals surface area contributed by atoms with Crippen LogP contribution in [0.15, 0.2) is 47.5 Å². The molecule has 6 nitrogen and oxygen atoms in total. The largest absolute Gasteiger partial charge is 0.369 e. The molecule has 6 heteroatoms. The van der Waals surface area contributed by atoms with Crippen molar-refractivity contribution in [3.8, 4) is 0 Å². The van der Waals surface area contributed by atoms with Gasteiger partial charge in [0.2, 0.25) is 0 Å². The Morgan fingerprint density at radius 3 is 2.83 bits per heavy atom. The lowest BCUT2D eigenvalue weighted by molar-refractivity contribution is 0.687. The predicted octanol–water partition coefficient (Wildman–Crippen LogP) is 3.13. The van der Waals surface area contributed by atoms with E-state index in [1.165, 1.54) is 0 Å². The third-order valence-corrected chi connectivity index (χ3v) is 3.35. The van der Waals surface area contributed by atoms with Crippen molar-refractivity contribution in [1.29, 1.82) is 0 Å². The molecule has 0 unspecified atom stereocenters. The molecule has 0 bridgehead atoms. The molecule has 118 valence electrons. The molecule has 0 amide bonds. The first-order valence-electron chi connectivity index (χ1n) is 7.58. The smallest absolute Gasteiger partial charge is 0.259 e. The molecule has 0 fully saturated rings. The third kappa shape index (κ3) is 3.48. The fraction of sp³-hybridized carbons (Fsp3) is 0.235. The first-order chi connectivity index (χ1) is 11.1. The zero-order chi connectivity index (χ0) is 16.2. The van der Waals surface area contributed by atoms with Crippen LogP contribution in [0, 0.1) is 5.92 Å². The molecule has 0 aromatic carbocycles. The SMILES string of the molecule is CC(C)CNc1nc(Nc2ccccn2)cc2cc[nH]c(=O)c12. The van der Waals surface area contributed by atoms with Gasteiger partial charge >= 0.3 is 0 Å². The first-order valence-corrected chi connectivity index (χ1v) is 7.58. The molecule has 3 aromatic rings. The van der Waals surface area contributed by atoms with E-state index in [-0.39, 0.29) is 5.56 Å². The molecule has 0 spiro atoms. The zero-order valence-corrected chi connectivity index (χ0v) is 13.1. The highest BCUT2D eigenvalue weighted by molar-refractivity contribution is 5.93. The maximum absolute atomic E-state index is 12.1. The van der Waals surface area contributed by atoms with Gasteiger partial charge in [-0.2, -0.15) is 0 Å². The fourth-order valence-corrected chi connectivity index (χ4v) is 2.27. The molecule has 3 heterocycles.